The third kappa shape index (κ3) is 2.50. The molecular weight excluding hydrogens is 250 g/mol. The fourth-order valence-corrected chi connectivity index (χ4v) is 2.11. The Morgan fingerprint density at radius 3 is 3.16 bits per heavy atom. The zero-order chi connectivity index (χ0) is 13.2. The van der Waals surface area contributed by atoms with E-state index in [0.29, 0.717) is 23.7 Å². The van der Waals surface area contributed by atoms with Gasteiger partial charge in [-0.15, -0.1) is 0 Å². The number of ether oxygens (including phenoxy) is 1. The molecule has 1 aliphatic heterocycles. The Balaban J connectivity index is 1.75. The van der Waals surface area contributed by atoms with Crippen molar-refractivity contribution in [2.45, 2.75) is 18.9 Å². The quantitative estimate of drug-likeness (QED) is 0.672. The summed E-state index contributed by atoms with van der Waals surface area (Å²) in [5, 5.41) is 13.7. The van der Waals surface area contributed by atoms with Gasteiger partial charge in [0.25, 0.3) is 11.7 Å². The van der Waals surface area contributed by atoms with E-state index in [1.54, 1.807) is 6.07 Å². The van der Waals surface area contributed by atoms with Crippen LogP contribution in [0.15, 0.2) is 22.6 Å². The van der Waals surface area contributed by atoms with E-state index in [1.165, 1.54) is 12.1 Å². The number of nitro groups is 1. The zero-order valence-electron chi connectivity index (χ0n) is 10.2. The van der Waals surface area contributed by atoms with Crippen LogP contribution in [0.4, 0.5) is 11.7 Å². The van der Waals surface area contributed by atoms with Gasteiger partial charge in [-0.3, -0.25) is 10.1 Å². The molecule has 0 amide bonds. The minimum absolute atomic E-state index is 0.00600. The second kappa shape index (κ2) is 4.85. The summed E-state index contributed by atoms with van der Waals surface area (Å²) in [6.45, 7) is 1.43. The van der Waals surface area contributed by atoms with Crippen molar-refractivity contribution in [3.63, 3.8) is 0 Å². The van der Waals surface area contributed by atoms with Crippen LogP contribution in [0.25, 0.3) is 11.1 Å². The van der Waals surface area contributed by atoms with Gasteiger partial charge in [-0.25, -0.2) is 0 Å². The summed E-state index contributed by atoms with van der Waals surface area (Å²) in [4.78, 5) is 14.4. The number of non-ortho nitro benzene ring substituents is 1. The molecule has 0 spiro atoms. The minimum Gasteiger partial charge on any atom is -0.424 e. The largest absolute Gasteiger partial charge is 0.424 e. The van der Waals surface area contributed by atoms with Gasteiger partial charge >= 0.3 is 0 Å². The van der Waals surface area contributed by atoms with Crippen LogP contribution >= 0.6 is 0 Å². The standard InChI is InChI=1S/C12H13N3O4/c16-15(17)8-3-4-11-10(6-8)14-12(19-11)13-7-9-2-1-5-18-9/h3-4,6,9H,1-2,5,7H2,(H,13,14). The Kier molecular flexibility index (Phi) is 3.04. The SMILES string of the molecule is O=[N+]([O-])c1ccc2oc(NCC3CCCO3)nc2c1. The van der Waals surface area contributed by atoms with Crippen LogP contribution in [0.3, 0.4) is 0 Å². The number of aromatic nitrogens is 1. The Labute approximate surface area is 108 Å². The predicted octanol–water partition coefficient (Wildman–Crippen LogP) is 2.33. The van der Waals surface area contributed by atoms with Crippen LogP contribution < -0.4 is 5.32 Å². The van der Waals surface area contributed by atoms with Crippen molar-refractivity contribution in [2.24, 2.45) is 0 Å². The average Bonchev–Trinajstić information content (AvgIpc) is 3.04. The van der Waals surface area contributed by atoms with Crippen molar-refractivity contribution in [1.82, 2.24) is 4.98 Å². The number of benzene rings is 1. The first-order chi connectivity index (χ1) is 9.22. The van der Waals surface area contributed by atoms with E-state index in [-0.39, 0.29) is 11.8 Å². The zero-order valence-corrected chi connectivity index (χ0v) is 10.2. The normalized spacial score (nSPS) is 18.8. The van der Waals surface area contributed by atoms with Crippen LogP contribution in [0.2, 0.25) is 0 Å². The molecule has 1 atom stereocenters. The van der Waals surface area contributed by atoms with E-state index in [2.05, 4.69) is 10.3 Å². The topological polar surface area (TPSA) is 90.4 Å². The van der Waals surface area contributed by atoms with Gasteiger partial charge in [0.1, 0.15) is 5.52 Å². The van der Waals surface area contributed by atoms with Crippen LogP contribution in [-0.2, 0) is 4.74 Å². The molecule has 1 N–H and O–H groups in total. The lowest BCUT2D eigenvalue weighted by molar-refractivity contribution is -0.384. The van der Waals surface area contributed by atoms with Crippen molar-refractivity contribution in [1.29, 1.82) is 0 Å². The molecule has 3 rings (SSSR count). The van der Waals surface area contributed by atoms with Crippen molar-refractivity contribution >= 4 is 22.8 Å². The van der Waals surface area contributed by atoms with Gasteiger partial charge in [0.05, 0.1) is 11.0 Å². The first-order valence-corrected chi connectivity index (χ1v) is 6.13. The summed E-state index contributed by atoms with van der Waals surface area (Å²) >= 11 is 0. The number of anilines is 1. The molecule has 0 saturated carbocycles. The van der Waals surface area contributed by atoms with Crippen molar-refractivity contribution < 1.29 is 14.1 Å². The molecule has 1 saturated heterocycles. The van der Waals surface area contributed by atoms with E-state index >= 15 is 0 Å². The fraction of sp³-hybridized carbons (Fsp3) is 0.417. The Hall–Kier alpha value is -2.15. The predicted molar refractivity (Wildman–Crippen MR) is 68.1 cm³/mol. The molecule has 1 fully saturated rings. The number of hydrogen-bond acceptors (Lipinski definition) is 6. The van der Waals surface area contributed by atoms with E-state index in [1.807, 2.05) is 0 Å². The lowest BCUT2D eigenvalue weighted by Gasteiger charge is -2.08. The number of nitrogens with zero attached hydrogens (tertiary/aromatic N) is 2. The molecule has 0 aliphatic carbocycles. The van der Waals surface area contributed by atoms with Crippen LogP contribution in [-0.4, -0.2) is 29.2 Å². The smallest absolute Gasteiger partial charge is 0.295 e. The maximum absolute atomic E-state index is 10.7. The molecule has 7 nitrogen and oxygen atoms in total. The van der Waals surface area contributed by atoms with E-state index in [0.717, 1.165) is 19.4 Å². The highest BCUT2D eigenvalue weighted by molar-refractivity contribution is 5.77. The lowest BCUT2D eigenvalue weighted by Crippen LogP contribution is -2.18. The molecule has 0 bridgehead atoms. The number of rotatable bonds is 4. The third-order valence-electron chi connectivity index (χ3n) is 3.09. The summed E-state index contributed by atoms with van der Waals surface area (Å²) in [5.41, 5.74) is 1.01. The fourth-order valence-electron chi connectivity index (χ4n) is 2.11. The molecule has 0 radical (unpaired) electrons. The van der Waals surface area contributed by atoms with Gasteiger partial charge in [-0.1, -0.05) is 0 Å². The van der Waals surface area contributed by atoms with Crippen molar-refractivity contribution in [3.05, 3.63) is 28.3 Å². The van der Waals surface area contributed by atoms with Gasteiger partial charge in [-0.05, 0) is 18.9 Å². The van der Waals surface area contributed by atoms with Crippen LogP contribution in [0, 0.1) is 10.1 Å². The maximum atomic E-state index is 10.7. The summed E-state index contributed by atoms with van der Waals surface area (Å²) in [6.07, 6.45) is 2.29. The number of fused-ring (bicyclic) bond motifs is 1. The molecule has 7 heteroatoms. The summed E-state index contributed by atoms with van der Waals surface area (Å²) in [6, 6.07) is 4.72. The maximum Gasteiger partial charge on any atom is 0.295 e. The number of nitrogens with one attached hydrogen (secondary N) is 1. The summed E-state index contributed by atoms with van der Waals surface area (Å²) in [5.74, 6) is 0. The van der Waals surface area contributed by atoms with E-state index in [9.17, 15) is 10.1 Å². The van der Waals surface area contributed by atoms with Gasteiger partial charge in [0.15, 0.2) is 5.58 Å². The second-order valence-electron chi connectivity index (χ2n) is 4.44. The van der Waals surface area contributed by atoms with E-state index < -0.39 is 4.92 Å². The van der Waals surface area contributed by atoms with Crippen LogP contribution in [0.1, 0.15) is 12.8 Å². The number of hydrogen-bond donors (Lipinski definition) is 1. The van der Waals surface area contributed by atoms with Crippen molar-refractivity contribution in [2.75, 3.05) is 18.5 Å². The van der Waals surface area contributed by atoms with Crippen molar-refractivity contribution in [3.8, 4) is 0 Å². The highest BCUT2D eigenvalue weighted by atomic mass is 16.6. The highest BCUT2D eigenvalue weighted by Gasteiger charge is 2.16. The number of nitro benzene ring substituents is 1. The van der Waals surface area contributed by atoms with E-state index in [4.69, 9.17) is 9.15 Å². The van der Waals surface area contributed by atoms with Gasteiger partial charge in [-0.2, -0.15) is 4.98 Å². The molecular formula is C12H13N3O4. The lowest BCUT2D eigenvalue weighted by atomic mass is 10.2. The second-order valence-corrected chi connectivity index (χ2v) is 4.44. The Morgan fingerprint density at radius 1 is 1.53 bits per heavy atom. The first kappa shape index (κ1) is 11.9. The monoisotopic (exact) mass is 263 g/mol. The van der Waals surface area contributed by atoms with Crippen LogP contribution in [0.5, 0.6) is 0 Å². The molecule has 1 aromatic carbocycles. The highest BCUT2D eigenvalue weighted by Crippen LogP contribution is 2.23. The first-order valence-electron chi connectivity index (χ1n) is 6.13. The average molecular weight is 263 g/mol. The molecule has 2 heterocycles. The molecule has 2 aromatic rings. The molecule has 100 valence electrons. The minimum atomic E-state index is -0.451. The summed E-state index contributed by atoms with van der Waals surface area (Å²) < 4.78 is 10.9. The van der Waals surface area contributed by atoms with Gasteiger partial charge < -0.3 is 14.5 Å². The number of oxazole rings is 1. The molecule has 1 unspecified atom stereocenters. The molecule has 19 heavy (non-hydrogen) atoms. The summed E-state index contributed by atoms with van der Waals surface area (Å²) in [7, 11) is 0. The third-order valence-corrected chi connectivity index (χ3v) is 3.09. The molecule has 1 aliphatic rings. The Bertz CT molecular complexity index is 604. The molecule has 1 aromatic heterocycles. The van der Waals surface area contributed by atoms with Gasteiger partial charge in [0, 0.05) is 25.3 Å². The Morgan fingerprint density at radius 2 is 2.42 bits per heavy atom. The van der Waals surface area contributed by atoms with Gasteiger partial charge in [0.2, 0.25) is 0 Å².